The fraction of sp³-hybridized carbons (Fsp3) is 0.0769. The maximum Gasteiger partial charge on any atom is 0.159 e. The van der Waals surface area contributed by atoms with E-state index < -0.39 is 23.5 Å². The van der Waals surface area contributed by atoms with Crippen LogP contribution in [-0.4, -0.2) is 0 Å². The standard InChI is InChI=1S/C13H10BrF3N2/c14-9-3-8(4-10(15)6-9)13(19-18)7-1-2-11(16)12(17)5-7/h1-6,13,19H,18H2. The molecule has 0 saturated carbocycles. The Bertz CT molecular complexity index is 584. The first kappa shape index (κ1) is 14.0. The van der Waals surface area contributed by atoms with Gasteiger partial charge in [0.1, 0.15) is 5.82 Å². The number of hydrogen-bond acceptors (Lipinski definition) is 2. The highest BCUT2D eigenvalue weighted by Gasteiger charge is 2.16. The highest BCUT2D eigenvalue weighted by atomic mass is 79.9. The van der Waals surface area contributed by atoms with Gasteiger partial charge in [0.25, 0.3) is 0 Å². The molecule has 0 saturated heterocycles. The summed E-state index contributed by atoms with van der Waals surface area (Å²) in [6.07, 6.45) is 0. The second-order valence-corrected chi connectivity index (χ2v) is 4.89. The third-order valence-corrected chi connectivity index (χ3v) is 3.12. The summed E-state index contributed by atoms with van der Waals surface area (Å²) < 4.78 is 40.0. The third-order valence-electron chi connectivity index (χ3n) is 2.66. The Kier molecular flexibility index (Phi) is 4.24. The predicted molar refractivity (Wildman–Crippen MR) is 69.6 cm³/mol. The molecular formula is C13H10BrF3N2. The average Bonchev–Trinajstić information content (AvgIpc) is 2.33. The second-order valence-electron chi connectivity index (χ2n) is 3.98. The molecule has 0 amide bonds. The summed E-state index contributed by atoms with van der Waals surface area (Å²) >= 11 is 3.17. The van der Waals surface area contributed by atoms with Crippen LogP contribution in [0.2, 0.25) is 0 Å². The molecule has 0 radical (unpaired) electrons. The predicted octanol–water partition coefficient (Wildman–Crippen LogP) is 3.42. The van der Waals surface area contributed by atoms with Gasteiger partial charge in [-0.25, -0.2) is 18.6 Å². The van der Waals surface area contributed by atoms with Gasteiger partial charge in [-0.3, -0.25) is 5.84 Å². The van der Waals surface area contributed by atoms with E-state index in [-0.39, 0.29) is 0 Å². The minimum atomic E-state index is -0.979. The molecule has 1 unspecified atom stereocenters. The van der Waals surface area contributed by atoms with Crippen LogP contribution in [0, 0.1) is 17.5 Å². The number of nitrogens with one attached hydrogen (secondary N) is 1. The Labute approximate surface area is 116 Å². The van der Waals surface area contributed by atoms with E-state index in [4.69, 9.17) is 5.84 Å². The van der Waals surface area contributed by atoms with Gasteiger partial charge in [-0.15, -0.1) is 0 Å². The van der Waals surface area contributed by atoms with Crippen molar-refractivity contribution in [3.05, 3.63) is 69.4 Å². The molecule has 2 aromatic rings. The van der Waals surface area contributed by atoms with Crippen LogP contribution in [0.25, 0.3) is 0 Å². The van der Waals surface area contributed by atoms with Crippen molar-refractivity contribution < 1.29 is 13.2 Å². The van der Waals surface area contributed by atoms with E-state index in [0.29, 0.717) is 15.6 Å². The molecule has 19 heavy (non-hydrogen) atoms. The van der Waals surface area contributed by atoms with Gasteiger partial charge < -0.3 is 0 Å². The van der Waals surface area contributed by atoms with Crippen molar-refractivity contribution in [2.75, 3.05) is 0 Å². The molecule has 1 atom stereocenters. The molecule has 2 nitrogen and oxygen atoms in total. The monoisotopic (exact) mass is 330 g/mol. The van der Waals surface area contributed by atoms with Crippen molar-refractivity contribution in [2.24, 2.45) is 5.84 Å². The van der Waals surface area contributed by atoms with E-state index in [1.807, 2.05) is 0 Å². The topological polar surface area (TPSA) is 38.0 Å². The van der Waals surface area contributed by atoms with Crippen LogP contribution in [0.3, 0.4) is 0 Å². The Morgan fingerprint density at radius 2 is 1.68 bits per heavy atom. The Balaban J connectivity index is 2.46. The van der Waals surface area contributed by atoms with Crippen LogP contribution in [-0.2, 0) is 0 Å². The first-order valence-corrected chi connectivity index (χ1v) is 6.17. The fourth-order valence-corrected chi connectivity index (χ4v) is 2.30. The number of rotatable bonds is 3. The number of hydrogen-bond donors (Lipinski definition) is 2. The molecule has 100 valence electrons. The smallest absolute Gasteiger partial charge is 0.159 e. The van der Waals surface area contributed by atoms with Crippen molar-refractivity contribution >= 4 is 15.9 Å². The lowest BCUT2D eigenvalue weighted by molar-refractivity contribution is 0.503. The van der Waals surface area contributed by atoms with E-state index in [1.54, 1.807) is 6.07 Å². The number of halogens is 4. The minimum Gasteiger partial charge on any atom is -0.271 e. The van der Waals surface area contributed by atoms with Crippen molar-refractivity contribution in [3.63, 3.8) is 0 Å². The Hall–Kier alpha value is -1.37. The van der Waals surface area contributed by atoms with Gasteiger partial charge in [-0.05, 0) is 41.5 Å². The maximum absolute atomic E-state index is 13.4. The summed E-state index contributed by atoms with van der Waals surface area (Å²) in [5, 5.41) is 0. The molecule has 0 aromatic heterocycles. The molecule has 0 aliphatic carbocycles. The van der Waals surface area contributed by atoms with Crippen LogP contribution in [0.4, 0.5) is 13.2 Å². The molecule has 2 rings (SSSR count). The lowest BCUT2D eigenvalue weighted by Gasteiger charge is -2.17. The minimum absolute atomic E-state index is 0.402. The third kappa shape index (κ3) is 3.15. The van der Waals surface area contributed by atoms with Crippen molar-refractivity contribution in [1.82, 2.24) is 5.43 Å². The zero-order valence-electron chi connectivity index (χ0n) is 9.63. The number of benzene rings is 2. The van der Waals surface area contributed by atoms with Crippen LogP contribution in [0.5, 0.6) is 0 Å². The van der Waals surface area contributed by atoms with E-state index >= 15 is 0 Å². The summed E-state index contributed by atoms with van der Waals surface area (Å²) in [6.45, 7) is 0. The first-order valence-electron chi connectivity index (χ1n) is 5.38. The highest BCUT2D eigenvalue weighted by Crippen LogP contribution is 2.26. The van der Waals surface area contributed by atoms with Gasteiger partial charge in [-0.2, -0.15) is 0 Å². The molecule has 3 N–H and O–H groups in total. The Morgan fingerprint density at radius 1 is 0.947 bits per heavy atom. The molecule has 0 heterocycles. The lowest BCUT2D eigenvalue weighted by Crippen LogP contribution is -2.29. The summed E-state index contributed by atoms with van der Waals surface area (Å²) in [6, 6.07) is 7.00. The van der Waals surface area contributed by atoms with Crippen LogP contribution in [0.15, 0.2) is 40.9 Å². The van der Waals surface area contributed by atoms with Gasteiger partial charge in [0, 0.05) is 4.47 Å². The van der Waals surface area contributed by atoms with Crippen molar-refractivity contribution in [3.8, 4) is 0 Å². The first-order chi connectivity index (χ1) is 9.01. The summed E-state index contributed by atoms with van der Waals surface area (Å²) in [5.74, 6) is 3.05. The summed E-state index contributed by atoms with van der Waals surface area (Å²) in [4.78, 5) is 0. The summed E-state index contributed by atoms with van der Waals surface area (Å²) in [7, 11) is 0. The largest absolute Gasteiger partial charge is 0.271 e. The zero-order chi connectivity index (χ0) is 14.0. The number of hydrazine groups is 1. The fourth-order valence-electron chi connectivity index (χ4n) is 1.82. The SMILES string of the molecule is NNC(c1cc(F)cc(Br)c1)c1ccc(F)c(F)c1. The molecular weight excluding hydrogens is 321 g/mol. The van der Waals surface area contributed by atoms with E-state index in [0.717, 1.165) is 12.1 Å². The normalized spacial score (nSPS) is 12.5. The average molecular weight is 331 g/mol. The molecule has 0 aliphatic rings. The van der Waals surface area contributed by atoms with E-state index in [2.05, 4.69) is 21.4 Å². The van der Waals surface area contributed by atoms with Crippen LogP contribution in [0.1, 0.15) is 17.2 Å². The molecule has 0 bridgehead atoms. The Morgan fingerprint density at radius 3 is 2.26 bits per heavy atom. The zero-order valence-corrected chi connectivity index (χ0v) is 11.2. The van der Waals surface area contributed by atoms with E-state index in [1.165, 1.54) is 18.2 Å². The van der Waals surface area contributed by atoms with Gasteiger partial charge in [-0.1, -0.05) is 22.0 Å². The van der Waals surface area contributed by atoms with Crippen LogP contribution >= 0.6 is 15.9 Å². The van der Waals surface area contributed by atoms with Crippen molar-refractivity contribution in [2.45, 2.75) is 6.04 Å². The molecule has 6 heteroatoms. The summed E-state index contributed by atoms with van der Waals surface area (Å²) in [5.41, 5.74) is 3.36. The van der Waals surface area contributed by atoms with E-state index in [9.17, 15) is 13.2 Å². The molecule has 2 aromatic carbocycles. The van der Waals surface area contributed by atoms with Crippen LogP contribution < -0.4 is 11.3 Å². The van der Waals surface area contributed by atoms with Gasteiger partial charge in [0.2, 0.25) is 0 Å². The quantitative estimate of drug-likeness (QED) is 0.668. The lowest BCUT2D eigenvalue weighted by atomic mass is 9.99. The molecule has 0 aliphatic heterocycles. The van der Waals surface area contributed by atoms with Gasteiger partial charge in [0.05, 0.1) is 6.04 Å². The molecule has 0 fully saturated rings. The van der Waals surface area contributed by atoms with Gasteiger partial charge >= 0.3 is 0 Å². The number of nitrogens with two attached hydrogens (primary N) is 1. The van der Waals surface area contributed by atoms with Gasteiger partial charge in [0.15, 0.2) is 11.6 Å². The maximum atomic E-state index is 13.4. The van der Waals surface area contributed by atoms with Crippen molar-refractivity contribution in [1.29, 1.82) is 0 Å². The second kappa shape index (κ2) is 5.73. The molecule has 0 spiro atoms. The highest BCUT2D eigenvalue weighted by molar-refractivity contribution is 9.10.